The number of amides is 1. The number of anilines is 1. The largest absolute Gasteiger partial charge is 0.465 e. The number of ether oxygens (including phenoxy) is 2. The average molecular weight is 382 g/mol. The van der Waals surface area contributed by atoms with Gasteiger partial charge in [-0.25, -0.2) is 9.59 Å². The van der Waals surface area contributed by atoms with E-state index < -0.39 is 24.5 Å². The number of hydrogen-bond donors (Lipinski definition) is 1. The fourth-order valence-electron chi connectivity index (χ4n) is 1.93. The Morgan fingerprint density at radius 2 is 1.72 bits per heavy atom. The van der Waals surface area contributed by atoms with Gasteiger partial charge in [0.05, 0.1) is 28.9 Å². The van der Waals surface area contributed by atoms with E-state index in [4.69, 9.17) is 27.9 Å². The summed E-state index contributed by atoms with van der Waals surface area (Å²) in [5.74, 6) is -1.98. The molecule has 6 nitrogen and oxygen atoms in total. The van der Waals surface area contributed by atoms with E-state index in [1.165, 1.54) is 37.4 Å². The van der Waals surface area contributed by atoms with Gasteiger partial charge in [-0.2, -0.15) is 0 Å². The number of carbonyl (C=O) groups is 3. The van der Waals surface area contributed by atoms with Crippen molar-refractivity contribution in [2.75, 3.05) is 19.0 Å². The zero-order valence-electron chi connectivity index (χ0n) is 13.0. The molecule has 0 bridgehead atoms. The first-order chi connectivity index (χ1) is 11.9. The fraction of sp³-hybridized carbons (Fsp3) is 0.118. The molecule has 0 fully saturated rings. The molecule has 0 saturated carbocycles. The van der Waals surface area contributed by atoms with Gasteiger partial charge in [0.1, 0.15) is 0 Å². The highest BCUT2D eigenvalue weighted by Crippen LogP contribution is 2.21. The molecule has 0 aliphatic heterocycles. The summed E-state index contributed by atoms with van der Waals surface area (Å²) >= 11 is 11.7. The summed E-state index contributed by atoms with van der Waals surface area (Å²) < 4.78 is 9.55. The van der Waals surface area contributed by atoms with Crippen molar-refractivity contribution < 1.29 is 23.9 Å². The van der Waals surface area contributed by atoms with Crippen molar-refractivity contribution in [1.82, 2.24) is 0 Å². The molecule has 2 aromatic rings. The lowest BCUT2D eigenvalue weighted by atomic mass is 10.2. The van der Waals surface area contributed by atoms with Gasteiger partial charge in [-0.15, -0.1) is 0 Å². The molecule has 8 heteroatoms. The lowest BCUT2D eigenvalue weighted by Gasteiger charge is -2.10. The van der Waals surface area contributed by atoms with Gasteiger partial charge in [-0.05, 0) is 30.3 Å². The molecule has 0 atom stereocenters. The van der Waals surface area contributed by atoms with E-state index in [9.17, 15) is 14.4 Å². The predicted molar refractivity (Wildman–Crippen MR) is 93.2 cm³/mol. The van der Waals surface area contributed by atoms with Crippen LogP contribution in [0.15, 0.2) is 42.5 Å². The maximum atomic E-state index is 12.0. The standard InChI is InChI=1S/C17H13Cl2NO5/c1-24-16(22)12-4-2-3-5-14(12)20-15(21)9-25-17(23)11-7-6-10(18)8-13(11)19/h2-8H,9H2,1H3,(H,20,21). The lowest BCUT2D eigenvalue weighted by Crippen LogP contribution is -2.22. The molecule has 0 heterocycles. The molecule has 1 amide bonds. The molecule has 2 aromatic carbocycles. The van der Waals surface area contributed by atoms with Gasteiger partial charge in [0.2, 0.25) is 0 Å². The minimum absolute atomic E-state index is 0.0915. The third-order valence-corrected chi connectivity index (χ3v) is 3.64. The fourth-order valence-corrected chi connectivity index (χ4v) is 2.42. The minimum Gasteiger partial charge on any atom is -0.465 e. The van der Waals surface area contributed by atoms with Crippen LogP contribution in [0.4, 0.5) is 5.69 Å². The molecular formula is C17H13Cl2NO5. The Morgan fingerprint density at radius 3 is 2.40 bits per heavy atom. The van der Waals surface area contributed by atoms with Crippen LogP contribution >= 0.6 is 23.2 Å². The highest BCUT2D eigenvalue weighted by molar-refractivity contribution is 6.36. The van der Waals surface area contributed by atoms with Crippen LogP contribution in [0.1, 0.15) is 20.7 Å². The molecule has 0 unspecified atom stereocenters. The lowest BCUT2D eigenvalue weighted by molar-refractivity contribution is -0.119. The van der Waals surface area contributed by atoms with Crippen LogP contribution in [0.5, 0.6) is 0 Å². The number of benzene rings is 2. The molecular weight excluding hydrogens is 369 g/mol. The van der Waals surface area contributed by atoms with Crippen molar-refractivity contribution in [3.8, 4) is 0 Å². The number of halogens is 2. The van der Waals surface area contributed by atoms with Crippen LogP contribution in [-0.4, -0.2) is 31.6 Å². The van der Waals surface area contributed by atoms with E-state index in [2.05, 4.69) is 10.1 Å². The molecule has 0 radical (unpaired) electrons. The van der Waals surface area contributed by atoms with E-state index in [1.807, 2.05) is 0 Å². The molecule has 0 aliphatic carbocycles. The smallest absolute Gasteiger partial charge is 0.340 e. The van der Waals surface area contributed by atoms with Gasteiger partial charge in [0.15, 0.2) is 6.61 Å². The van der Waals surface area contributed by atoms with Gasteiger partial charge >= 0.3 is 11.9 Å². The van der Waals surface area contributed by atoms with E-state index in [1.54, 1.807) is 12.1 Å². The van der Waals surface area contributed by atoms with Crippen LogP contribution in [0, 0.1) is 0 Å². The number of para-hydroxylation sites is 1. The SMILES string of the molecule is COC(=O)c1ccccc1NC(=O)COC(=O)c1ccc(Cl)cc1Cl. The maximum absolute atomic E-state index is 12.0. The average Bonchev–Trinajstić information content (AvgIpc) is 2.59. The van der Waals surface area contributed by atoms with Crippen LogP contribution in [0.2, 0.25) is 10.0 Å². The van der Waals surface area contributed by atoms with E-state index in [0.717, 1.165) is 0 Å². The van der Waals surface area contributed by atoms with Crippen molar-refractivity contribution in [3.63, 3.8) is 0 Å². The van der Waals surface area contributed by atoms with E-state index in [0.29, 0.717) is 5.02 Å². The summed E-state index contributed by atoms with van der Waals surface area (Å²) in [4.78, 5) is 35.6. The molecule has 1 N–H and O–H groups in total. The van der Waals surface area contributed by atoms with E-state index >= 15 is 0 Å². The number of carbonyl (C=O) groups excluding carboxylic acids is 3. The molecule has 130 valence electrons. The number of hydrogen-bond acceptors (Lipinski definition) is 5. The predicted octanol–water partition coefficient (Wildman–Crippen LogP) is 3.58. The van der Waals surface area contributed by atoms with Gasteiger partial charge in [-0.3, -0.25) is 4.79 Å². The summed E-state index contributed by atoms with van der Waals surface area (Å²) in [6.45, 7) is -0.548. The Morgan fingerprint density at radius 1 is 1.00 bits per heavy atom. The van der Waals surface area contributed by atoms with Gasteiger partial charge in [0, 0.05) is 5.02 Å². The Bertz CT molecular complexity index is 822. The summed E-state index contributed by atoms with van der Waals surface area (Å²) in [5, 5.41) is 2.98. The second-order valence-corrected chi connectivity index (χ2v) is 5.63. The summed E-state index contributed by atoms with van der Waals surface area (Å²) in [6.07, 6.45) is 0. The van der Waals surface area contributed by atoms with Crippen molar-refractivity contribution in [3.05, 3.63) is 63.6 Å². The third-order valence-electron chi connectivity index (χ3n) is 3.09. The minimum atomic E-state index is -0.766. The first kappa shape index (κ1) is 18.8. The molecule has 0 spiro atoms. The molecule has 25 heavy (non-hydrogen) atoms. The highest BCUT2D eigenvalue weighted by atomic mass is 35.5. The van der Waals surface area contributed by atoms with Crippen molar-refractivity contribution in [1.29, 1.82) is 0 Å². The maximum Gasteiger partial charge on any atom is 0.340 e. The number of esters is 2. The second kappa shape index (κ2) is 8.50. The summed E-state index contributed by atoms with van der Waals surface area (Å²) in [6, 6.07) is 10.6. The number of nitrogens with one attached hydrogen (secondary N) is 1. The Hall–Kier alpha value is -2.57. The highest BCUT2D eigenvalue weighted by Gasteiger charge is 2.16. The zero-order chi connectivity index (χ0) is 18.4. The number of methoxy groups -OCH3 is 1. The monoisotopic (exact) mass is 381 g/mol. The van der Waals surface area contributed by atoms with Gasteiger partial charge in [0.25, 0.3) is 5.91 Å². The van der Waals surface area contributed by atoms with Gasteiger partial charge < -0.3 is 14.8 Å². The quantitative estimate of drug-likeness (QED) is 0.800. The molecule has 0 aromatic heterocycles. The third kappa shape index (κ3) is 4.95. The topological polar surface area (TPSA) is 81.7 Å². The first-order valence-corrected chi connectivity index (χ1v) is 7.77. The Labute approximate surface area is 153 Å². The molecule has 0 aliphatic rings. The van der Waals surface area contributed by atoms with Crippen LogP contribution in [-0.2, 0) is 14.3 Å². The van der Waals surface area contributed by atoms with Crippen LogP contribution in [0.25, 0.3) is 0 Å². The molecule has 0 saturated heterocycles. The zero-order valence-corrected chi connectivity index (χ0v) is 14.6. The van der Waals surface area contributed by atoms with Crippen LogP contribution < -0.4 is 5.32 Å². The summed E-state index contributed by atoms with van der Waals surface area (Å²) in [7, 11) is 1.23. The van der Waals surface area contributed by atoms with Crippen molar-refractivity contribution in [2.24, 2.45) is 0 Å². The normalized spacial score (nSPS) is 10.0. The van der Waals surface area contributed by atoms with Gasteiger partial charge in [-0.1, -0.05) is 35.3 Å². The summed E-state index contributed by atoms with van der Waals surface area (Å²) in [5.41, 5.74) is 0.527. The second-order valence-electron chi connectivity index (χ2n) is 4.79. The van der Waals surface area contributed by atoms with Crippen molar-refractivity contribution >= 4 is 46.7 Å². The molecule has 2 rings (SSSR count). The Balaban J connectivity index is 1.99. The number of rotatable bonds is 5. The van der Waals surface area contributed by atoms with E-state index in [-0.39, 0.29) is 21.8 Å². The van der Waals surface area contributed by atoms with Crippen LogP contribution in [0.3, 0.4) is 0 Å². The van der Waals surface area contributed by atoms with Crippen molar-refractivity contribution in [2.45, 2.75) is 0 Å². The first-order valence-electron chi connectivity index (χ1n) is 7.01. The Kier molecular flexibility index (Phi) is 6.38.